The van der Waals surface area contributed by atoms with E-state index in [1.165, 1.54) is 23.3 Å². The molecule has 1 aromatic carbocycles. The first kappa shape index (κ1) is 14.8. The highest BCUT2D eigenvalue weighted by atomic mass is 32.1. The number of amides is 1. The summed E-state index contributed by atoms with van der Waals surface area (Å²) >= 11 is 1.53. The van der Waals surface area contributed by atoms with Gasteiger partial charge in [0.15, 0.2) is 0 Å². The van der Waals surface area contributed by atoms with E-state index >= 15 is 0 Å². The van der Waals surface area contributed by atoms with Crippen molar-refractivity contribution in [3.63, 3.8) is 0 Å². The van der Waals surface area contributed by atoms with Crippen LogP contribution in [0.1, 0.15) is 15.9 Å². The highest BCUT2D eigenvalue weighted by Crippen LogP contribution is 2.34. The summed E-state index contributed by atoms with van der Waals surface area (Å²) in [4.78, 5) is 31.1. The van der Waals surface area contributed by atoms with E-state index in [9.17, 15) is 9.59 Å². The lowest BCUT2D eigenvalue weighted by molar-refractivity contribution is -0.141. The van der Waals surface area contributed by atoms with Crippen molar-refractivity contribution < 1.29 is 14.3 Å². The van der Waals surface area contributed by atoms with Gasteiger partial charge in [-0.3, -0.25) is 14.7 Å². The van der Waals surface area contributed by atoms with Crippen LogP contribution in [0.25, 0.3) is 10.2 Å². The number of benzene rings is 1. The summed E-state index contributed by atoms with van der Waals surface area (Å²) in [6, 6.07) is 10.6. The Morgan fingerprint density at radius 2 is 2.12 bits per heavy atom. The molecule has 0 bridgehead atoms. The first-order chi connectivity index (χ1) is 11.7. The molecule has 0 unspecified atom stereocenters. The topological polar surface area (TPSA) is 59.5 Å². The number of rotatable bonds is 2. The minimum absolute atomic E-state index is 0.238. The number of hydrogen-bond acceptors (Lipinski definition) is 5. The number of thiophene rings is 1. The second kappa shape index (κ2) is 5.72. The van der Waals surface area contributed by atoms with Crippen LogP contribution in [0.2, 0.25) is 0 Å². The Morgan fingerprint density at radius 1 is 1.29 bits per heavy atom. The quantitative estimate of drug-likeness (QED) is 0.674. The molecular formula is C18H14N2O3S. The number of hydrogen-bond donors (Lipinski definition) is 0. The molecule has 3 heterocycles. The summed E-state index contributed by atoms with van der Waals surface area (Å²) in [6.45, 7) is 0. The van der Waals surface area contributed by atoms with Crippen LogP contribution in [0.4, 0.5) is 5.69 Å². The second-order valence-electron chi connectivity index (χ2n) is 5.57. The number of carbonyl (C=O) groups is 2. The molecule has 0 saturated carbocycles. The Labute approximate surface area is 142 Å². The molecule has 0 spiro atoms. The van der Waals surface area contributed by atoms with Gasteiger partial charge in [-0.25, -0.2) is 4.79 Å². The van der Waals surface area contributed by atoms with Crippen molar-refractivity contribution in [2.75, 3.05) is 12.0 Å². The van der Waals surface area contributed by atoms with Crippen LogP contribution >= 0.6 is 11.3 Å². The number of ether oxygens (including phenoxy) is 1. The molecule has 0 saturated heterocycles. The number of methoxy groups -OCH3 is 1. The molecule has 1 aliphatic rings. The lowest BCUT2D eigenvalue weighted by atomic mass is 10.1. The highest BCUT2D eigenvalue weighted by molar-refractivity contribution is 7.17. The fraction of sp³-hybridized carbons (Fsp3) is 0.167. The first-order valence-corrected chi connectivity index (χ1v) is 8.39. The van der Waals surface area contributed by atoms with Gasteiger partial charge in [-0.05, 0) is 29.1 Å². The van der Waals surface area contributed by atoms with E-state index in [4.69, 9.17) is 4.74 Å². The maximum absolute atomic E-state index is 13.1. The molecule has 0 aliphatic carbocycles. The molecule has 1 atom stereocenters. The SMILES string of the molecule is COC(=O)[C@@H]1Cc2ccccc2N1C(=O)c1cnc2ccsc2c1. The Balaban J connectivity index is 1.78. The summed E-state index contributed by atoms with van der Waals surface area (Å²) in [5.74, 6) is -0.650. The van der Waals surface area contributed by atoms with Crippen molar-refractivity contribution in [3.05, 3.63) is 59.1 Å². The summed E-state index contributed by atoms with van der Waals surface area (Å²) in [5.41, 5.74) is 3.05. The van der Waals surface area contributed by atoms with Gasteiger partial charge in [0.1, 0.15) is 6.04 Å². The predicted molar refractivity (Wildman–Crippen MR) is 92.4 cm³/mol. The van der Waals surface area contributed by atoms with Crippen molar-refractivity contribution >= 4 is 39.1 Å². The monoisotopic (exact) mass is 338 g/mol. The molecule has 3 aromatic rings. The number of para-hydroxylation sites is 1. The van der Waals surface area contributed by atoms with Gasteiger partial charge in [0.05, 0.1) is 22.9 Å². The number of nitrogens with zero attached hydrogens (tertiary/aromatic N) is 2. The van der Waals surface area contributed by atoms with Crippen molar-refractivity contribution in [1.29, 1.82) is 0 Å². The number of pyridine rings is 1. The van der Waals surface area contributed by atoms with Gasteiger partial charge in [-0.2, -0.15) is 0 Å². The Kier molecular flexibility index (Phi) is 3.54. The third-order valence-corrected chi connectivity index (χ3v) is 5.07. The van der Waals surface area contributed by atoms with E-state index in [1.807, 2.05) is 41.8 Å². The third-order valence-electron chi connectivity index (χ3n) is 4.22. The van der Waals surface area contributed by atoms with E-state index in [2.05, 4.69) is 4.98 Å². The molecule has 24 heavy (non-hydrogen) atoms. The smallest absolute Gasteiger partial charge is 0.329 e. The molecule has 5 nitrogen and oxygen atoms in total. The normalized spacial score (nSPS) is 16.2. The second-order valence-corrected chi connectivity index (χ2v) is 6.52. The van der Waals surface area contributed by atoms with Gasteiger partial charge < -0.3 is 4.74 Å². The Hall–Kier alpha value is -2.73. The molecule has 120 valence electrons. The fourth-order valence-corrected chi connectivity index (χ4v) is 3.84. The van der Waals surface area contributed by atoms with Crippen LogP contribution < -0.4 is 4.90 Å². The van der Waals surface area contributed by atoms with Crippen LogP contribution in [0.3, 0.4) is 0 Å². The average Bonchev–Trinajstić information content (AvgIpc) is 3.23. The zero-order chi connectivity index (χ0) is 16.7. The lowest BCUT2D eigenvalue weighted by Crippen LogP contribution is -2.43. The van der Waals surface area contributed by atoms with Gasteiger partial charge in [0.25, 0.3) is 5.91 Å². The molecule has 2 aromatic heterocycles. The van der Waals surface area contributed by atoms with Crippen molar-refractivity contribution in [1.82, 2.24) is 4.98 Å². The van der Waals surface area contributed by atoms with E-state index in [-0.39, 0.29) is 5.91 Å². The van der Waals surface area contributed by atoms with Crippen LogP contribution in [0, 0.1) is 0 Å². The van der Waals surface area contributed by atoms with Gasteiger partial charge >= 0.3 is 5.97 Å². The molecule has 0 N–H and O–H groups in total. The maximum atomic E-state index is 13.1. The molecule has 1 aliphatic heterocycles. The number of fused-ring (bicyclic) bond motifs is 2. The molecule has 0 fully saturated rings. The number of anilines is 1. The average molecular weight is 338 g/mol. The molecular weight excluding hydrogens is 324 g/mol. The largest absolute Gasteiger partial charge is 0.467 e. The predicted octanol–water partition coefficient (Wildman–Crippen LogP) is 3.04. The summed E-state index contributed by atoms with van der Waals surface area (Å²) in [7, 11) is 1.34. The Bertz CT molecular complexity index is 950. The number of aromatic nitrogens is 1. The van der Waals surface area contributed by atoms with E-state index in [0.29, 0.717) is 12.0 Å². The zero-order valence-electron chi connectivity index (χ0n) is 12.9. The molecule has 0 radical (unpaired) electrons. The van der Waals surface area contributed by atoms with Gasteiger partial charge in [-0.15, -0.1) is 11.3 Å². The highest BCUT2D eigenvalue weighted by Gasteiger charge is 2.39. The molecule has 1 amide bonds. The number of carbonyl (C=O) groups excluding carboxylic acids is 2. The van der Waals surface area contributed by atoms with Crippen molar-refractivity contribution in [2.45, 2.75) is 12.5 Å². The minimum Gasteiger partial charge on any atom is -0.467 e. The van der Waals surface area contributed by atoms with Gasteiger partial charge in [0.2, 0.25) is 0 Å². The minimum atomic E-state index is -0.640. The molecule has 4 rings (SSSR count). The van der Waals surface area contributed by atoms with Crippen molar-refractivity contribution in [3.8, 4) is 0 Å². The van der Waals surface area contributed by atoms with Crippen LogP contribution in [0.15, 0.2) is 48.0 Å². The fourth-order valence-electron chi connectivity index (χ4n) is 3.06. The van der Waals surface area contributed by atoms with E-state index < -0.39 is 12.0 Å². The Morgan fingerprint density at radius 3 is 2.96 bits per heavy atom. The lowest BCUT2D eigenvalue weighted by Gasteiger charge is -2.23. The van der Waals surface area contributed by atoms with E-state index in [1.54, 1.807) is 6.20 Å². The number of esters is 1. The van der Waals surface area contributed by atoms with Gasteiger partial charge in [-0.1, -0.05) is 18.2 Å². The first-order valence-electron chi connectivity index (χ1n) is 7.51. The summed E-state index contributed by atoms with van der Waals surface area (Å²) in [5, 5.41) is 1.94. The van der Waals surface area contributed by atoms with Crippen LogP contribution in [-0.2, 0) is 16.0 Å². The summed E-state index contributed by atoms with van der Waals surface area (Å²) < 4.78 is 5.84. The third kappa shape index (κ3) is 2.27. The van der Waals surface area contributed by atoms with Gasteiger partial charge in [0, 0.05) is 18.3 Å². The van der Waals surface area contributed by atoms with Crippen LogP contribution in [0.5, 0.6) is 0 Å². The standard InChI is InChI=1S/C18H14N2O3S/c1-23-18(22)15-8-11-4-2-3-5-14(11)20(15)17(21)12-9-16-13(19-10-12)6-7-24-16/h2-7,9-10,15H,8H2,1H3/t15-/m0/s1. The van der Waals surface area contributed by atoms with E-state index in [0.717, 1.165) is 21.5 Å². The van der Waals surface area contributed by atoms with Crippen LogP contribution in [-0.4, -0.2) is 30.0 Å². The zero-order valence-corrected chi connectivity index (χ0v) is 13.7. The van der Waals surface area contributed by atoms with Crippen molar-refractivity contribution in [2.24, 2.45) is 0 Å². The summed E-state index contributed by atoms with van der Waals surface area (Å²) in [6.07, 6.45) is 2.02. The molecule has 6 heteroatoms. The maximum Gasteiger partial charge on any atom is 0.329 e.